The molecule has 0 N–H and O–H groups in total. The summed E-state index contributed by atoms with van der Waals surface area (Å²) in [4.78, 5) is 12.4. The minimum absolute atomic E-state index is 0.118. The van der Waals surface area contributed by atoms with Crippen molar-refractivity contribution >= 4 is 126 Å². The van der Waals surface area contributed by atoms with Gasteiger partial charge >= 0.3 is 0 Å². The fraction of sp³-hybridized carbons (Fsp3) is 0.0118. The van der Waals surface area contributed by atoms with Crippen LogP contribution in [0.15, 0.2) is 343 Å². The lowest BCUT2D eigenvalue weighted by Crippen LogP contribution is -2.63. The summed E-state index contributed by atoms with van der Waals surface area (Å²) in [5.41, 5.74) is 28.6. The van der Waals surface area contributed by atoms with Crippen molar-refractivity contribution in [3.63, 3.8) is 0 Å². The fourth-order valence-electron chi connectivity index (χ4n) is 15.0. The third kappa shape index (κ3) is 9.11. The Hall–Kier alpha value is -11.4. The van der Waals surface area contributed by atoms with Gasteiger partial charge in [0, 0.05) is 78.2 Å². The Kier molecular flexibility index (Phi) is 13.2. The molecule has 0 atom stereocenters. The molecular formula is C85H58B2N4OS. The van der Waals surface area contributed by atoms with Crippen molar-refractivity contribution in [3.05, 3.63) is 339 Å². The van der Waals surface area contributed by atoms with Gasteiger partial charge in [0.05, 0.1) is 17.1 Å². The summed E-state index contributed by atoms with van der Waals surface area (Å²) in [7, 11) is 0. The van der Waals surface area contributed by atoms with Gasteiger partial charge in [-0.3, -0.25) is 0 Å². The van der Waals surface area contributed by atoms with Crippen molar-refractivity contribution in [3.8, 4) is 44.9 Å². The summed E-state index contributed by atoms with van der Waals surface area (Å²) in [6, 6.07) is 122. The number of anilines is 12. The van der Waals surface area contributed by atoms with E-state index >= 15 is 0 Å². The van der Waals surface area contributed by atoms with Crippen LogP contribution in [-0.4, -0.2) is 13.4 Å². The number of ether oxygens (including phenoxy) is 1. The zero-order chi connectivity index (χ0) is 61.5. The molecule has 0 amide bonds. The van der Waals surface area contributed by atoms with Crippen LogP contribution < -0.4 is 57.1 Å². The first-order valence-electron chi connectivity index (χ1n) is 32.0. The molecule has 5 nitrogen and oxygen atoms in total. The average Bonchev–Trinajstić information content (AvgIpc) is 0.698. The molecule has 4 aliphatic heterocycles. The van der Waals surface area contributed by atoms with Gasteiger partial charge < -0.3 is 24.3 Å². The highest BCUT2D eigenvalue weighted by Crippen LogP contribution is 2.52. The number of benzene rings is 14. The van der Waals surface area contributed by atoms with Gasteiger partial charge in [0.2, 0.25) is 6.71 Å². The van der Waals surface area contributed by atoms with E-state index in [1.165, 1.54) is 48.3 Å². The van der Waals surface area contributed by atoms with Gasteiger partial charge in [-0.25, -0.2) is 0 Å². The normalized spacial score (nSPS) is 12.7. The minimum Gasteiger partial charge on any atom is -0.458 e. The van der Waals surface area contributed by atoms with Gasteiger partial charge in [-0.15, -0.1) is 0 Å². The minimum atomic E-state index is -0.170. The first-order valence-corrected chi connectivity index (χ1v) is 32.8. The topological polar surface area (TPSA) is 22.2 Å². The van der Waals surface area contributed by atoms with E-state index in [2.05, 4.69) is 360 Å². The molecule has 0 radical (unpaired) electrons. The number of para-hydroxylation sites is 7. The first-order chi connectivity index (χ1) is 46.1. The zero-order valence-corrected chi connectivity index (χ0v) is 51.8. The van der Waals surface area contributed by atoms with Crippen LogP contribution in [0.4, 0.5) is 68.2 Å². The van der Waals surface area contributed by atoms with Gasteiger partial charge in [-0.05, 0) is 153 Å². The Morgan fingerprint density at radius 1 is 0.312 bits per heavy atom. The number of nitrogens with zero attached hydrogens (tertiary/aromatic N) is 4. The van der Waals surface area contributed by atoms with Crippen LogP contribution in [0.2, 0.25) is 0 Å². The Bertz CT molecular complexity index is 5160. The summed E-state index contributed by atoms with van der Waals surface area (Å²) in [6.45, 7) is 1.99. The molecule has 0 fully saturated rings. The van der Waals surface area contributed by atoms with Crippen LogP contribution in [0.3, 0.4) is 0 Å². The Morgan fingerprint density at radius 3 is 1.54 bits per heavy atom. The second-order valence-electron chi connectivity index (χ2n) is 24.4. The monoisotopic (exact) mass is 1200 g/mol. The Labute approximate surface area is 547 Å². The van der Waals surface area contributed by atoms with Crippen molar-refractivity contribution in [2.75, 3.05) is 19.6 Å². The van der Waals surface area contributed by atoms with E-state index in [-0.39, 0.29) is 13.4 Å². The van der Waals surface area contributed by atoms with Gasteiger partial charge in [-0.2, -0.15) is 0 Å². The van der Waals surface area contributed by atoms with E-state index in [1.54, 1.807) is 0 Å². The maximum atomic E-state index is 7.34. The van der Waals surface area contributed by atoms with E-state index in [9.17, 15) is 0 Å². The number of rotatable bonds is 11. The molecule has 0 aliphatic carbocycles. The van der Waals surface area contributed by atoms with E-state index in [1.807, 2.05) is 11.8 Å². The predicted molar refractivity (Wildman–Crippen MR) is 393 cm³/mol. The van der Waals surface area contributed by atoms with Crippen LogP contribution in [-0.2, 0) is 0 Å². The highest BCUT2D eigenvalue weighted by atomic mass is 32.2. The number of hydrogen-bond donors (Lipinski definition) is 0. The summed E-state index contributed by atoms with van der Waals surface area (Å²) in [5, 5.41) is 0. The van der Waals surface area contributed by atoms with Crippen LogP contribution >= 0.6 is 11.8 Å². The van der Waals surface area contributed by atoms with Crippen molar-refractivity contribution in [1.82, 2.24) is 0 Å². The van der Waals surface area contributed by atoms with Crippen LogP contribution in [0.5, 0.6) is 11.5 Å². The average molecular weight is 1210 g/mol. The Morgan fingerprint density at radius 2 is 0.839 bits per heavy atom. The van der Waals surface area contributed by atoms with Crippen molar-refractivity contribution in [2.24, 2.45) is 0 Å². The molecule has 436 valence electrons. The molecule has 14 aromatic rings. The van der Waals surface area contributed by atoms with E-state index in [0.29, 0.717) is 0 Å². The molecule has 4 aliphatic rings. The van der Waals surface area contributed by atoms with Gasteiger partial charge in [-0.1, -0.05) is 254 Å². The predicted octanol–water partition coefficient (Wildman–Crippen LogP) is 19.1. The second kappa shape index (κ2) is 22.5. The molecule has 0 unspecified atom stereocenters. The lowest BCUT2D eigenvalue weighted by atomic mass is 9.31. The number of fused-ring (bicyclic) bond motifs is 8. The molecular weight excluding hydrogens is 1150 g/mol. The lowest BCUT2D eigenvalue weighted by Gasteiger charge is -2.44. The third-order valence-corrected chi connectivity index (χ3v) is 20.1. The van der Waals surface area contributed by atoms with Gasteiger partial charge in [0.25, 0.3) is 6.71 Å². The van der Waals surface area contributed by atoms with Crippen LogP contribution in [0, 0.1) is 6.92 Å². The quantitative estimate of drug-likeness (QED) is 0.120. The van der Waals surface area contributed by atoms with Crippen LogP contribution in [0.25, 0.3) is 33.4 Å². The highest BCUT2D eigenvalue weighted by Gasteiger charge is 2.47. The van der Waals surface area contributed by atoms with E-state index < -0.39 is 0 Å². The molecule has 93 heavy (non-hydrogen) atoms. The summed E-state index contributed by atoms with van der Waals surface area (Å²) >= 11 is 1.90. The highest BCUT2D eigenvalue weighted by molar-refractivity contribution is 8.00. The number of hydrogen-bond acceptors (Lipinski definition) is 6. The van der Waals surface area contributed by atoms with E-state index in [0.717, 1.165) is 113 Å². The van der Waals surface area contributed by atoms with Gasteiger partial charge in [0.15, 0.2) is 0 Å². The summed E-state index contributed by atoms with van der Waals surface area (Å²) in [5.74, 6) is 1.71. The standard InChI is InChI=1S/C85H58B2N4OS/c1-57-27-26-41-69(61-32-12-4-13-33-61)85(57)91-76-56-81-73(55-72(76)87-71-43-22-25-46-79(71)92-80-53-66(51-77(91)83(80)87)88(62-34-14-5-15-35-62)63-36-16-6-17-37-63)86-70-42-21-24-45-75(70)90(64-38-18-7-19-39-64)78-52-67(54-82(93-81)84(78)86)89(65-49-47-59(48-50-65)58-28-8-2-9-29-58)74-44-23-20-40-68(74)60-30-10-3-11-31-60/h2-56H,1H3. The second-order valence-corrected chi connectivity index (χ2v) is 25.4. The molecule has 14 aromatic carbocycles. The molecule has 0 saturated carbocycles. The van der Waals surface area contributed by atoms with E-state index in [4.69, 9.17) is 4.74 Å². The molecule has 4 heterocycles. The first kappa shape index (κ1) is 54.5. The summed E-state index contributed by atoms with van der Waals surface area (Å²) < 4.78 is 7.34. The maximum absolute atomic E-state index is 7.34. The fourth-order valence-corrected chi connectivity index (χ4v) is 16.2. The molecule has 0 spiro atoms. The smallest absolute Gasteiger partial charge is 0.256 e. The summed E-state index contributed by atoms with van der Waals surface area (Å²) in [6.07, 6.45) is 0. The molecule has 0 saturated heterocycles. The molecule has 0 bridgehead atoms. The number of aryl methyl sites for hydroxylation is 1. The van der Waals surface area contributed by atoms with Gasteiger partial charge in [0.1, 0.15) is 11.5 Å². The van der Waals surface area contributed by atoms with Crippen molar-refractivity contribution < 1.29 is 4.74 Å². The Balaban J connectivity index is 0.912. The zero-order valence-electron chi connectivity index (χ0n) is 51.0. The third-order valence-electron chi connectivity index (χ3n) is 19.0. The SMILES string of the molecule is Cc1cccc(-c2ccccc2)c1N1c2cc3c(cc2B2c4ccccc4Oc4cc(N(c5ccccc5)c5ccccc5)cc1c42)B1c2ccccc2N(c2ccccc2)c2cc(N(c4ccc(-c5ccccc5)cc4)c4ccccc4-c4ccccc4)cc(c21)S3. The molecule has 18 rings (SSSR count). The molecule has 8 heteroatoms. The van der Waals surface area contributed by atoms with Crippen molar-refractivity contribution in [2.45, 2.75) is 16.7 Å². The maximum Gasteiger partial charge on any atom is 0.256 e. The van der Waals surface area contributed by atoms with Crippen molar-refractivity contribution in [1.29, 1.82) is 0 Å². The molecule has 0 aromatic heterocycles. The largest absolute Gasteiger partial charge is 0.458 e. The lowest BCUT2D eigenvalue weighted by molar-refractivity contribution is 0.487. The van der Waals surface area contributed by atoms with Crippen LogP contribution in [0.1, 0.15) is 5.56 Å².